The standard InChI is InChI=1S/C14H20Cl2N2O2S/c1-2-18(10-11-5-7-17-8-6-11)21(19,20)12-3-4-13(15)14(16)9-12/h3-4,9,11,17H,2,5-8,10H2,1H3. The van der Waals surface area contributed by atoms with E-state index in [-0.39, 0.29) is 9.92 Å². The Morgan fingerprint density at radius 1 is 1.24 bits per heavy atom. The largest absolute Gasteiger partial charge is 0.317 e. The van der Waals surface area contributed by atoms with Crippen LogP contribution < -0.4 is 5.32 Å². The van der Waals surface area contributed by atoms with E-state index in [9.17, 15) is 8.42 Å². The number of benzene rings is 1. The highest BCUT2D eigenvalue weighted by Gasteiger charge is 2.27. The van der Waals surface area contributed by atoms with Gasteiger partial charge in [-0.15, -0.1) is 0 Å². The van der Waals surface area contributed by atoms with Crippen molar-refractivity contribution in [3.05, 3.63) is 28.2 Å². The van der Waals surface area contributed by atoms with Gasteiger partial charge in [0.1, 0.15) is 0 Å². The van der Waals surface area contributed by atoms with Gasteiger partial charge in [-0.05, 0) is 50.0 Å². The molecule has 4 nitrogen and oxygen atoms in total. The van der Waals surface area contributed by atoms with Gasteiger partial charge in [0.05, 0.1) is 14.9 Å². The van der Waals surface area contributed by atoms with Crippen molar-refractivity contribution >= 4 is 33.2 Å². The maximum absolute atomic E-state index is 12.7. The quantitative estimate of drug-likeness (QED) is 0.887. The molecule has 2 rings (SSSR count). The maximum atomic E-state index is 12.7. The second kappa shape index (κ2) is 7.29. The Morgan fingerprint density at radius 2 is 1.90 bits per heavy atom. The third-order valence-electron chi connectivity index (χ3n) is 3.80. The number of nitrogens with one attached hydrogen (secondary N) is 1. The van der Waals surface area contributed by atoms with Crippen LogP contribution in [0.25, 0.3) is 0 Å². The number of nitrogens with zero attached hydrogens (tertiary/aromatic N) is 1. The molecule has 0 spiro atoms. The number of halogens is 2. The van der Waals surface area contributed by atoms with Crippen LogP contribution >= 0.6 is 23.2 Å². The molecule has 0 bridgehead atoms. The average Bonchev–Trinajstić information content (AvgIpc) is 2.48. The summed E-state index contributed by atoms with van der Waals surface area (Å²) in [6.07, 6.45) is 2.01. The van der Waals surface area contributed by atoms with Crippen LogP contribution in [0.4, 0.5) is 0 Å². The molecule has 1 aromatic rings. The maximum Gasteiger partial charge on any atom is 0.243 e. The first-order chi connectivity index (χ1) is 9.95. The lowest BCUT2D eigenvalue weighted by Gasteiger charge is -2.28. The number of hydrogen-bond donors (Lipinski definition) is 1. The number of piperidine rings is 1. The third-order valence-corrected chi connectivity index (χ3v) is 6.48. The fourth-order valence-electron chi connectivity index (χ4n) is 2.54. The third kappa shape index (κ3) is 4.11. The van der Waals surface area contributed by atoms with Gasteiger partial charge in [-0.1, -0.05) is 30.1 Å². The van der Waals surface area contributed by atoms with Crippen LogP contribution in [0.3, 0.4) is 0 Å². The monoisotopic (exact) mass is 350 g/mol. The van der Waals surface area contributed by atoms with Crippen molar-refractivity contribution in [2.45, 2.75) is 24.7 Å². The van der Waals surface area contributed by atoms with Gasteiger partial charge in [-0.25, -0.2) is 8.42 Å². The fraction of sp³-hybridized carbons (Fsp3) is 0.571. The molecular formula is C14H20Cl2N2O2S. The number of rotatable bonds is 5. The van der Waals surface area contributed by atoms with Crippen LogP contribution in [0, 0.1) is 5.92 Å². The van der Waals surface area contributed by atoms with Crippen molar-refractivity contribution in [2.24, 2.45) is 5.92 Å². The van der Waals surface area contributed by atoms with Gasteiger partial charge in [0.15, 0.2) is 0 Å². The second-order valence-corrected chi connectivity index (χ2v) is 7.98. The summed E-state index contributed by atoms with van der Waals surface area (Å²) >= 11 is 11.8. The summed E-state index contributed by atoms with van der Waals surface area (Å²) < 4.78 is 26.9. The van der Waals surface area contributed by atoms with Gasteiger partial charge in [0.25, 0.3) is 0 Å². The minimum atomic E-state index is -3.52. The zero-order chi connectivity index (χ0) is 15.5. The minimum absolute atomic E-state index is 0.202. The minimum Gasteiger partial charge on any atom is -0.317 e. The van der Waals surface area contributed by atoms with Crippen LogP contribution in [0.1, 0.15) is 19.8 Å². The Morgan fingerprint density at radius 3 is 2.48 bits per heavy atom. The molecule has 21 heavy (non-hydrogen) atoms. The summed E-state index contributed by atoms with van der Waals surface area (Å²) in [5.74, 6) is 0.406. The van der Waals surface area contributed by atoms with E-state index < -0.39 is 10.0 Å². The van der Waals surface area contributed by atoms with Gasteiger partial charge in [-0.3, -0.25) is 0 Å². The Hall–Kier alpha value is -0.330. The van der Waals surface area contributed by atoms with Crippen LogP contribution in [0.15, 0.2) is 23.1 Å². The lowest BCUT2D eigenvalue weighted by atomic mass is 9.98. The van der Waals surface area contributed by atoms with E-state index in [1.54, 1.807) is 0 Å². The van der Waals surface area contributed by atoms with Crippen molar-refractivity contribution in [3.63, 3.8) is 0 Å². The highest BCUT2D eigenvalue weighted by molar-refractivity contribution is 7.89. The van der Waals surface area contributed by atoms with Crippen LogP contribution in [-0.2, 0) is 10.0 Å². The topological polar surface area (TPSA) is 49.4 Å². The SMILES string of the molecule is CCN(CC1CCNCC1)S(=O)(=O)c1ccc(Cl)c(Cl)c1. The van der Waals surface area contributed by atoms with Crippen molar-refractivity contribution in [1.29, 1.82) is 0 Å². The zero-order valence-electron chi connectivity index (χ0n) is 12.0. The summed E-state index contributed by atoms with van der Waals surface area (Å²) in [7, 11) is -3.52. The Kier molecular flexibility index (Phi) is 5.91. The number of hydrogen-bond acceptors (Lipinski definition) is 3. The molecule has 1 heterocycles. The van der Waals surface area contributed by atoms with E-state index >= 15 is 0 Å². The predicted octanol–water partition coefficient (Wildman–Crippen LogP) is 3.00. The van der Waals surface area contributed by atoms with Gasteiger partial charge >= 0.3 is 0 Å². The Bertz CT molecular complexity index is 587. The molecule has 0 aliphatic carbocycles. The zero-order valence-corrected chi connectivity index (χ0v) is 14.3. The first-order valence-electron chi connectivity index (χ1n) is 7.11. The van der Waals surface area contributed by atoms with Crippen molar-refractivity contribution in [1.82, 2.24) is 9.62 Å². The van der Waals surface area contributed by atoms with Gasteiger partial charge < -0.3 is 5.32 Å². The first-order valence-corrected chi connectivity index (χ1v) is 9.30. The molecule has 1 aliphatic rings. The van der Waals surface area contributed by atoms with E-state index in [0.29, 0.717) is 24.0 Å². The van der Waals surface area contributed by atoms with Crippen molar-refractivity contribution in [2.75, 3.05) is 26.2 Å². The summed E-state index contributed by atoms with van der Waals surface area (Å²) in [4.78, 5) is 0.202. The van der Waals surface area contributed by atoms with E-state index in [4.69, 9.17) is 23.2 Å². The van der Waals surface area contributed by atoms with Crippen LogP contribution in [0.5, 0.6) is 0 Å². The lowest BCUT2D eigenvalue weighted by molar-refractivity contribution is 0.294. The van der Waals surface area contributed by atoms with Crippen molar-refractivity contribution < 1.29 is 8.42 Å². The molecule has 1 fully saturated rings. The normalized spacial score (nSPS) is 17.3. The predicted molar refractivity (Wildman–Crippen MR) is 86.5 cm³/mol. The summed E-state index contributed by atoms with van der Waals surface area (Å²) in [6, 6.07) is 4.45. The first kappa shape index (κ1) is 17.0. The Balaban J connectivity index is 2.19. The highest BCUT2D eigenvalue weighted by Crippen LogP contribution is 2.27. The smallest absolute Gasteiger partial charge is 0.243 e. The molecular weight excluding hydrogens is 331 g/mol. The molecule has 0 unspecified atom stereocenters. The average molecular weight is 351 g/mol. The molecule has 0 aromatic heterocycles. The van der Waals surface area contributed by atoms with E-state index in [2.05, 4.69) is 5.32 Å². The summed E-state index contributed by atoms with van der Waals surface area (Å²) in [6.45, 7) is 4.77. The molecule has 118 valence electrons. The lowest BCUT2D eigenvalue weighted by Crippen LogP contribution is -2.39. The fourth-order valence-corrected chi connectivity index (χ4v) is 4.45. The van der Waals surface area contributed by atoms with E-state index in [1.807, 2.05) is 6.92 Å². The molecule has 0 amide bonds. The van der Waals surface area contributed by atoms with E-state index in [1.165, 1.54) is 22.5 Å². The molecule has 0 radical (unpaired) electrons. The molecule has 0 saturated carbocycles. The van der Waals surface area contributed by atoms with E-state index in [0.717, 1.165) is 25.9 Å². The highest BCUT2D eigenvalue weighted by atomic mass is 35.5. The molecule has 1 aliphatic heterocycles. The molecule has 1 N–H and O–H groups in total. The van der Waals surface area contributed by atoms with Crippen LogP contribution in [-0.4, -0.2) is 38.9 Å². The Labute approximate surface area is 136 Å². The van der Waals surface area contributed by atoms with Gasteiger partial charge in [0.2, 0.25) is 10.0 Å². The molecule has 1 saturated heterocycles. The number of sulfonamides is 1. The van der Waals surface area contributed by atoms with Crippen molar-refractivity contribution in [3.8, 4) is 0 Å². The van der Waals surface area contributed by atoms with Gasteiger partial charge in [0, 0.05) is 13.1 Å². The van der Waals surface area contributed by atoms with Crippen LogP contribution in [0.2, 0.25) is 10.0 Å². The molecule has 0 atom stereocenters. The molecule has 7 heteroatoms. The second-order valence-electron chi connectivity index (χ2n) is 5.22. The molecule has 1 aromatic carbocycles. The van der Waals surface area contributed by atoms with Gasteiger partial charge in [-0.2, -0.15) is 4.31 Å². The summed E-state index contributed by atoms with van der Waals surface area (Å²) in [5.41, 5.74) is 0. The summed E-state index contributed by atoms with van der Waals surface area (Å²) in [5, 5.41) is 3.91.